The largest absolute Gasteiger partial charge is 0.453 e. The second-order valence-corrected chi connectivity index (χ2v) is 6.24. The Kier molecular flexibility index (Phi) is 6.07. The van der Waals surface area contributed by atoms with Crippen molar-refractivity contribution < 1.29 is 13.7 Å². The number of para-hydroxylation sites is 1. The van der Waals surface area contributed by atoms with Crippen molar-refractivity contribution in [2.45, 2.75) is 26.7 Å². The zero-order valence-electron chi connectivity index (χ0n) is 15.3. The number of benzene rings is 1. The summed E-state index contributed by atoms with van der Waals surface area (Å²) in [6.07, 6.45) is 1.14. The fourth-order valence-electron chi connectivity index (χ4n) is 2.91. The van der Waals surface area contributed by atoms with E-state index in [2.05, 4.69) is 29.2 Å². The van der Waals surface area contributed by atoms with Crippen LogP contribution in [0, 0.1) is 0 Å². The highest BCUT2D eigenvalue weighted by atomic mass is 16.5. The molecule has 2 heterocycles. The van der Waals surface area contributed by atoms with E-state index in [1.807, 2.05) is 30.3 Å². The van der Waals surface area contributed by atoms with Crippen LogP contribution in [0.3, 0.4) is 0 Å². The molecule has 0 aliphatic carbocycles. The van der Waals surface area contributed by atoms with Gasteiger partial charge in [-0.2, -0.15) is 0 Å². The van der Waals surface area contributed by atoms with Crippen LogP contribution in [0.5, 0.6) is 0 Å². The van der Waals surface area contributed by atoms with Gasteiger partial charge in [-0.3, -0.25) is 4.79 Å². The molecule has 6 heteroatoms. The van der Waals surface area contributed by atoms with Crippen molar-refractivity contribution in [1.82, 2.24) is 15.4 Å². The molecule has 0 aliphatic rings. The van der Waals surface area contributed by atoms with Gasteiger partial charge in [-0.05, 0) is 38.2 Å². The fourth-order valence-corrected chi connectivity index (χ4v) is 2.91. The molecule has 0 spiro atoms. The van der Waals surface area contributed by atoms with E-state index in [4.69, 9.17) is 8.94 Å². The number of fused-ring (bicyclic) bond motifs is 1. The summed E-state index contributed by atoms with van der Waals surface area (Å²) < 4.78 is 11.1. The number of nitrogens with zero attached hydrogens (tertiary/aromatic N) is 2. The second-order valence-electron chi connectivity index (χ2n) is 6.24. The lowest BCUT2D eigenvalue weighted by Crippen LogP contribution is -2.30. The first-order valence-electron chi connectivity index (χ1n) is 9.13. The van der Waals surface area contributed by atoms with Crippen LogP contribution in [0.2, 0.25) is 0 Å². The molecule has 26 heavy (non-hydrogen) atoms. The smallest absolute Gasteiger partial charge is 0.226 e. The van der Waals surface area contributed by atoms with Crippen LogP contribution in [0.4, 0.5) is 0 Å². The average Bonchev–Trinajstić information content (AvgIpc) is 3.28. The number of carbonyl (C=O) groups is 1. The predicted octanol–water partition coefficient (Wildman–Crippen LogP) is 3.48. The van der Waals surface area contributed by atoms with Gasteiger partial charge >= 0.3 is 0 Å². The topological polar surface area (TPSA) is 71.5 Å². The Hall–Kier alpha value is -2.60. The summed E-state index contributed by atoms with van der Waals surface area (Å²) in [6.45, 7) is 8.03. The minimum absolute atomic E-state index is 0.0472. The summed E-state index contributed by atoms with van der Waals surface area (Å²) in [5, 5.41) is 7.92. The molecule has 1 aromatic carbocycles. The maximum atomic E-state index is 12.1. The summed E-state index contributed by atoms with van der Waals surface area (Å²) in [7, 11) is 0. The molecule has 0 unspecified atom stereocenters. The van der Waals surface area contributed by atoms with Crippen molar-refractivity contribution in [3.8, 4) is 11.5 Å². The van der Waals surface area contributed by atoms with Gasteiger partial charge in [0, 0.05) is 18.0 Å². The summed E-state index contributed by atoms with van der Waals surface area (Å²) in [5.41, 5.74) is 1.40. The van der Waals surface area contributed by atoms with Crippen LogP contribution in [0.1, 0.15) is 26.0 Å². The van der Waals surface area contributed by atoms with Crippen molar-refractivity contribution in [3.05, 3.63) is 42.1 Å². The molecule has 2 aromatic heterocycles. The number of furan rings is 1. The molecule has 138 valence electrons. The normalized spacial score (nSPS) is 11.3. The van der Waals surface area contributed by atoms with Gasteiger partial charge in [0.15, 0.2) is 5.76 Å². The highest BCUT2D eigenvalue weighted by Gasteiger charge is 2.14. The molecule has 0 aliphatic heterocycles. The molecule has 0 bridgehead atoms. The van der Waals surface area contributed by atoms with Gasteiger partial charge in [0.05, 0.1) is 12.1 Å². The number of carbonyl (C=O) groups excluding carboxylic acids is 1. The molecule has 3 rings (SSSR count). The molecule has 0 atom stereocenters. The first kappa shape index (κ1) is 18.2. The zero-order chi connectivity index (χ0) is 18.4. The van der Waals surface area contributed by atoms with Gasteiger partial charge in [0.25, 0.3) is 0 Å². The van der Waals surface area contributed by atoms with Gasteiger partial charge < -0.3 is 19.2 Å². The van der Waals surface area contributed by atoms with Crippen molar-refractivity contribution in [2.24, 2.45) is 0 Å². The van der Waals surface area contributed by atoms with Gasteiger partial charge in [-0.15, -0.1) is 0 Å². The molecule has 0 saturated heterocycles. The second kappa shape index (κ2) is 8.67. The summed E-state index contributed by atoms with van der Waals surface area (Å²) >= 11 is 0. The Bertz CT molecular complexity index is 816. The van der Waals surface area contributed by atoms with E-state index < -0.39 is 0 Å². The van der Waals surface area contributed by atoms with Gasteiger partial charge in [-0.25, -0.2) is 0 Å². The summed E-state index contributed by atoms with van der Waals surface area (Å²) in [5.74, 6) is 1.10. The van der Waals surface area contributed by atoms with E-state index in [9.17, 15) is 4.79 Å². The maximum absolute atomic E-state index is 12.1. The van der Waals surface area contributed by atoms with E-state index in [1.54, 1.807) is 6.07 Å². The standard InChI is InChI=1S/C20H25N3O3/c1-3-23(4-2)11-7-10-21-20(24)14-16-13-19(26-22-16)18-12-15-8-5-6-9-17(15)25-18/h5-6,8-9,12-13H,3-4,7,10-11,14H2,1-2H3,(H,21,24). The Balaban J connectivity index is 1.51. The van der Waals surface area contributed by atoms with E-state index in [0.29, 0.717) is 23.8 Å². The number of nitrogens with one attached hydrogen (secondary N) is 1. The van der Waals surface area contributed by atoms with Crippen LogP contribution in [0.25, 0.3) is 22.5 Å². The molecule has 1 N–H and O–H groups in total. The van der Waals surface area contributed by atoms with E-state index in [-0.39, 0.29) is 12.3 Å². The highest BCUT2D eigenvalue weighted by Crippen LogP contribution is 2.28. The van der Waals surface area contributed by atoms with Crippen molar-refractivity contribution in [3.63, 3.8) is 0 Å². The van der Waals surface area contributed by atoms with Crippen LogP contribution in [0.15, 0.2) is 45.3 Å². The number of amides is 1. The molecule has 0 radical (unpaired) electrons. The summed E-state index contributed by atoms with van der Waals surface area (Å²) in [6, 6.07) is 11.4. The van der Waals surface area contributed by atoms with E-state index >= 15 is 0 Å². The first-order valence-corrected chi connectivity index (χ1v) is 9.13. The van der Waals surface area contributed by atoms with Crippen LogP contribution >= 0.6 is 0 Å². The Morgan fingerprint density at radius 3 is 2.73 bits per heavy atom. The predicted molar refractivity (Wildman–Crippen MR) is 101 cm³/mol. The third-order valence-electron chi connectivity index (χ3n) is 4.44. The van der Waals surface area contributed by atoms with Crippen molar-refractivity contribution >= 4 is 16.9 Å². The Morgan fingerprint density at radius 2 is 1.96 bits per heavy atom. The third kappa shape index (κ3) is 4.52. The van der Waals surface area contributed by atoms with Crippen LogP contribution in [-0.2, 0) is 11.2 Å². The van der Waals surface area contributed by atoms with E-state index in [0.717, 1.165) is 37.0 Å². The average molecular weight is 355 g/mol. The number of hydrogen-bond donors (Lipinski definition) is 1. The minimum Gasteiger partial charge on any atom is -0.453 e. The number of aromatic nitrogens is 1. The lowest BCUT2D eigenvalue weighted by molar-refractivity contribution is -0.120. The first-order chi connectivity index (χ1) is 12.7. The monoisotopic (exact) mass is 355 g/mol. The maximum Gasteiger partial charge on any atom is 0.226 e. The van der Waals surface area contributed by atoms with Crippen molar-refractivity contribution in [2.75, 3.05) is 26.2 Å². The minimum atomic E-state index is -0.0472. The SMILES string of the molecule is CCN(CC)CCCNC(=O)Cc1cc(-c2cc3ccccc3o2)on1. The molecule has 0 fully saturated rings. The Labute approximate surface area is 153 Å². The Morgan fingerprint density at radius 1 is 1.15 bits per heavy atom. The van der Waals surface area contributed by atoms with Crippen LogP contribution < -0.4 is 5.32 Å². The summed E-state index contributed by atoms with van der Waals surface area (Å²) in [4.78, 5) is 14.4. The van der Waals surface area contributed by atoms with E-state index in [1.165, 1.54) is 0 Å². The zero-order valence-corrected chi connectivity index (χ0v) is 15.3. The lowest BCUT2D eigenvalue weighted by atomic mass is 10.2. The molecular formula is C20H25N3O3. The molecule has 0 saturated carbocycles. The molecule has 3 aromatic rings. The lowest BCUT2D eigenvalue weighted by Gasteiger charge is -2.17. The van der Waals surface area contributed by atoms with Crippen molar-refractivity contribution in [1.29, 1.82) is 0 Å². The fraction of sp³-hybridized carbons (Fsp3) is 0.400. The molecule has 6 nitrogen and oxygen atoms in total. The van der Waals surface area contributed by atoms with Gasteiger partial charge in [-0.1, -0.05) is 37.2 Å². The number of hydrogen-bond acceptors (Lipinski definition) is 5. The van der Waals surface area contributed by atoms with Gasteiger partial charge in [0.1, 0.15) is 5.58 Å². The molecule has 1 amide bonds. The number of rotatable bonds is 9. The third-order valence-corrected chi connectivity index (χ3v) is 4.44. The molecular weight excluding hydrogens is 330 g/mol. The quantitative estimate of drug-likeness (QED) is 0.595. The van der Waals surface area contributed by atoms with Crippen LogP contribution in [-0.4, -0.2) is 42.1 Å². The van der Waals surface area contributed by atoms with Gasteiger partial charge in [0.2, 0.25) is 11.7 Å². The highest BCUT2D eigenvalue weighted by molar-refractivity contribution is 5.82.